The Morgan fingerprint density at radius 2 is 2.09 bits per heavy atom. The second kappa shape index (κ2) is 10.8. The van der Waals surface area contributed by atoms with Crippen LogP contribution in [0, 0.1) is 12.8 Å². The molecule has 1 unspecified atom stereocenters. The Balaban J connectivity index is 1.01. The van der Waals surface area contributed by atoms with Crippen LogP contribution in [0.5, 0.6) is 5.19 Å². The number of aryl methyl sites for hydroxylation is 1. The number of aromatic nitrogens is 2. The van der Waals surface area contributed by atoms with E-state index in [1.54, 1.807) is 17.5 Å². The van der Waals surface area contributed by atoms with E-state index in [-0.39, 0.29) is 18.7 Å². The highest BCUT2D eigenvalue weighted by Crippen LogP contribution is 2.39. The lowest BCUT2D eigenvalue weighted by Gasteiger charge is -2.32. The topological polar surface area (TPSA) is 67.4 Å². The fourth-order valence-corrected chi connectivity index (χ4v) is 7.27. The number of nitrogens with one attached hydrogen (secondary N) is 1. The van der Waals surface area contributed by atoms with E-state index < -0.39 is 12.0 Å². The van der Waals surface area contributed by atoms with Crippen molar-refractivity contribution in [2.45, 2.75) is 95.7 Å². The standard InChI is InChI=1S/C25H34F2N4O2S2/c1-16-28-14-20(34-16)12-23(32)29-18-4-2-17(3-5-18)7-10-31-11-8-22-21(15-31)30-24(35-22)33-19-6-9-25(26,27)13-19/h14,17-19H,2-13,15H2,1H3,(H,29,32)/t17-,18-,19?. The third-order valence-corrected chi connectivity index (χ3v) is 9.44. The first-order chi connectivity index (χ1) is 16.8. The second-order valence-electron chi connectivity index (χ2n) is 10.3. The van der Waals surface area contributed by atoms with Gasteiger partial charge in [0.15, 0.2) is 0 Å². The van der Waals surface area contributed by atoms with Crippen LogP contribution in [0.25, 0.3) is 0 Å². The minimum absolute atomic E-state index is 0.0859. The first-order valence-corrected chi connectivity index (χ1v) is 14.4. The van der Waals surface area contributed by atoms with Gasteiger partial charge in [0.25, 0.3) is 11.1 Å². The number of hydrogen-bond donors (Lipinski definition) is 1. The molecule has 0 aromatic carbocycles. The summed E-state index contributed by atoms with van der Waals surface area (Å²) in [5.74, 6) is -1.79. The molecule has 1 amide bonds. The molecule has 5 rings (SSSR count). The Hall–Kier alpha value is -1.65. The number of rotatable bonds is 8. The Morgan fingerprint density at radius 3 is 2.80 bits per heavy atom. The minimum Gasteiger partial charge on any atom is -0.466 e. The average molecular weight is 525 g/mol. The number of alkyl halides is 2. The lowest BCUT2D eigenvalue weighted by Crippen LogP contribution is -2.39. The van der Waals surface area contributed by atoms with Gasteiger partial charge in [0.2, 0.25) is 5.91 Å². The van der Waals surface area contributed by atoms with E-state index in [9.17, 15) is 13.6 Å². The number of ether oxygens (including phenoxy) is 1. The predicted molar refractivity (Wildman–Crippen MR) is 133 cm³/mol. The summed E-state index contributed by atoms with van der Waals surface area (Å²) in [7, 11) is 0. The molecular formula is C25H34F2N4O2S2. The highest BCUT2D eigenvalue weighted by Gasteiger charge is 2.41. The van der Waals surface area contributed by atoms with E-state index in [1.807, 2.05) is 6.92 Å². The summed E-state index contributed by atoms with van der Waals surface area (Å²) in [6, 6.07) is 0.290. The maximum absolute atomic E-state index is 13.4. The molecule has 2 fully saturated rings. The van der Waals surface area contributed by atoms with Gasteiger partial charge in [-0.25, -0.2) is 18.7 Å². The molecule has 0 radical (unpaired) electrons. The zero-order valence-electron chi connectivity index (χ0n) is 20.2. The van der Waals surface area contributed by atoms with Crippen molar-refractivity contribution in [2.24, 2.45) is 5.92 Å². The Morgan fingerprint density at radius 1 is 1.26 bits per heavy atom. The van der Waals surface area contributed by atoms with Crippen molar-refractivity contribution in [2.75, 3.05) is 13.1 Å². The van der Waals surface area contributed by atoms with E-state index in [0.717, 1.165) is 67.3 Å². The van der Waals surface area contributed by atoms with Gasteiger partial charge in [-0.3, -0.25) is 9.69 Å². The Labute approximate surface area is 213 Å². The van der Waals surface area contributed by atoms with Gasteiger partial charge in [-0.1, -0.05) is 11.3 Å². The summed E-state index contributed by atoms with van der Waals surface area (Å²) >= 11 is 3.12. The molecule has 3 aliphatic rings. The van der Waals surface area contributed by atoms with Crippen molar-refractivity contribution in [3.05, 3.63) is 26.7 Å². The SMILES string of the molecule is Cc1ncc(CC(=O)N[C@H]2CC[C@H](CCN3CCc4sc(OC5CCC(F)(F)C5)nc4C3)CC2)s1. The molecule has 192 valence electrons. The van der Waals surface area contributed by atoms with Gasteiger partial charge in [-0.15, -0.1) is 11.3 Å². The third kappa shape index (κ3) is 6.77. The van der Waals surface area contributed by atoms with Crippen LogP contribution in [-0.4, -0.2) is 51.9 Å². The van der Waals surface area contributed by atoms with Crippen molar-refractivity contribution >= 4 is 28.6 Å². The zero-order chi connectivity index (χ0) is 24.4. The van der Waals surface area contributed by atoms with E-state index in [0.29, 0.717) is 30.0 Å². The van der Waals surface area contributed by atoms with Crippen molar-refractivity contribution in [3.63, 3.8) is 0 Å². The summed E-state index contributed by atoms with van der Waals surface area (Å²) in [4.78, 5) is 25.9. The molecule has 1 aliphatic heterocycles. The van der Waals surface area contributed by atoms with Crippen LogP contribution >= 0.6 is 22.7 Å². The molecule has 0 spiro atoms. The molecule has 10 heteroatoms. The van der Waals surface area contributed by atoms with E-state index in [2.05, 4.69) is 20.2 Å². The molecule has 3 heterocycles. The fourth-order valence-electron chi connectivity index (χ4n) is 5.51. The number of fused-ring (bicyclic) bond motifs is 1. The molecule has 2 aliphatic carbocycles. The summed E-state index contributed by atoms with van der Waals surface area (Å²) in [5.41, 5.74) is 1.06. The number of amides is 1. The van der Waals surface area contributed by atoms with Crippen LogP contribution < -0.4 is 10.1 Å². The quantitative estimate of drug-likeness (QED) is 0.518. The maximum atomic E-state index is 13.4. The van der Waals surface area contributed by atoms with Gasteiger partial charge < -0.3 is 10.1 Å². The van der Waals surface area contributed by atoms with Crippen molar-refractivity contribution in [3.8, 4) is 5.19 Å². The first kappa shape index (κ1) is 25.0. The molecule has 35 heavy (non-hydrogen) atoms. The van der Waals surface area contributed by atoms with Crippen molar-refractivity contribution in [1.29, 1.82) is 0 Å². The van der Waals surface area contributed by atoms with E-state index in [4.69, 9.17) is 4.74 Å². The highest BCUT2D eigenvalue weighted by molar-refractivity contribution is 7.13. The number of thiazole rings is 2. The molecule has 2 aromatic rings. The number of hydrogen-bond acceptors (Lipinski definition) is 7. The van der Waals surface area contributed by atoms with Crippen LogP contribution in [0.15, 0.2) is 6.20 Å². The van der Waals surface area contributed by atoms with Gasteiger partial charge in [0.05, 0.1) is 17.1 Å². The molecule has 1 atom stereocenters. The Kier molecular flexibility index (Phi) is 7.69. The summed E-state index contributed by atoms with van der Waals surface area (Å²) < 4.78 is 32.7. The summed E-state index contributed by atoms with van der Waals surface area (Å²) in [6.45, 7) is 4.84. The summed E-state index contributed by atoms with van der Waals surface area (Å²) in [5, 5.41) is 4.77. The Bertz CT molecular complexity index is 1020. The maximum Gasteiger partial charge on any atom is 0.273 e. The molecule has 2 aromatic heterocycles. The van der Waals surface area contributed by atoms with Gasteiger partial charge in [-0.05, 0) is 64.3 Å². The van der Waals surface area contributed by atoms with Gasteiger partial charge >= 0.3 is 0 Å². The van der Waals surface area contributed by atoms with Crippen LogP contribution in [0.4, 0.5) is 8.78 Å². The molecule has 0 bridgehead atoms. The predicted octanol–water partition coefficient (Wildman–Crippen LogP) is 5.14. The number of halogens is 2. The minimum atomic E-state index is -2.59. The van der Waals surface area contributed by atoms with Crippen molar-refractivity contribution < 1.29 is 18.3 Å². The summed E-state index contributed by atoms with van der Waals surface area (Å²) in [6.07, 6.45) is 8.48. The smallest absolute Gasteiger partial charge is 0.273 e. The molecule has 1 N–H and O–H groups in total. The molecule has 6 nitrogen and oxygen atoms in total. The van der Waals surface area contributed by atoms with E-state index >= 15 is 0 Å². The normalized spacial score (nSPS) is 26.4. The lowest BCUT2D eigenvalue weighted by molar-refractivity contribution is -0.121. The number of carbonyl (C=O) groups is 1. The van der Waals surface area contributed by atoms with Gasteiger partial charge in [0.1, 0.15) is 6.10 Å². The fraction of sp³-hybridized carbons (Fsp3) is 0.720. The number of carbonyl (C=O) groups excluding carboxylic acids is 1. The second-order valence-corrected chi connectivity index (χ2v) is 12.7. The molecule has 2 saturated carbocycles. The lowest BCUT2D eigenvalue weighted by atomic mass is 9.84. The van der Waals surface area contributed by atoms with Crippen LogP contribution in [0.1, 0.15) is 71.8 Å². The first-order valence-electron chi connectivity index (χ1n) is 12.8. The van der Waals surface area contributed by atoms with Crippen LogP contribution in [0.3, 0.4) is 0 Å². The average Bonchev–Trinajstić information content (AvgIpc) is 3.50. The van der Waals surface area contributed by atoms with E-state index in [1.165, 1.54) is 22.6 Å². The van der Waals surface area contributed by atoms with Crippen LogP contribution in [0.2, 0.25) is 0 Å². The molecule has 0 saturated heterocycles. The molecular weight excluding hydrogens is 490 g/mol. The highest BCUT2D eigenvalue weighted by atomic mass is 32.1. The van der Waals surface area contributed by atoms with Gasteiger partial charge in [-0.2, -0.15) is 0 Å². The zero-order valence-corrected chi connectivity index (χ0v) is 21.9. The number of nitrogens with zero attached hydrogens (tertiary/aromatic N) is 3. The van der Waals surface area contributed by atoms with Crippen molar-refractivity contribution in [1.82, 2.24) is 20.2 Å². The largest absolute Gasteiger partial charge is 0.466 e. The monoisotopic (exact) mass is 524 g/mol. The van der Waals surface area contributed by atoms with Crippen LogP contribution in [-0.2, 0) is 24.2 Å². The van der Waals surface area contributed by atoms with Gasteiger partial charge in [0, 0.05) is 47.9 Å². The third-order valence-electron chi connectivity index (χ3n) is 7.48.